The van der Waals surface area contributed by atoms with E-state index in [-0.39, 0.29) is 12.7 Å². The Morgan fingerprint density at radius 1 is 1.50 bits per heavy atom. The Balaban J connectivity index is 1.99. The standard InChI is InChI=1S/C11H14N4O3/c12-11-7-2-1-6(15(7)14-5-13-11)9-3-8(17)10(4-16)18-9/h1-2,5,8-10,16-17H,3-4H2,(H2,12,13,14)/t8-,9+,10+/m0/s1. The van der Waals surface area contributed by atoms with Gasteiger partial charge in [0.2, 0.25) is 0 Å². The number of hydrogen-bond donors (Lipinski definition) is 3. The van der Waals surface area contributed by atoms with Crippen LogP contribution in [0.4, 0.5) is 5.82 Å². The highest BCUT2D eigenvalue weighted by molar-refractivity contribution is 5.65. The molecular formula is C11H14N4O3. The van der Waals surface area contributed by atoms with E-state index in [0.717, 1.165) is 5.69 Å². The van der Waals surface area contributed by atoms with Gasteiger partial charge in [0.25, 0.3) is 0 Å². The number of nitrogens with two attached hydrogens (primary N) is 1. The molecule has 1 fully saturated rings. The SMILES string of the molecule is Nc1ncnn2c([C@H]3C[C@H](O)[C@@H](CO)O3)ccc12. The molecule has 3 rings (SSSR count). The Kier molecular flexibility index (Phi) is 2.66. The number of aliphatic hydroxyl groups excluding tert-OH is 2. The lowest BCUT2D eigenvalue weighted by Crippen LogP contribution is -2.24. The first-order chi connectivity index (χ1) is 8.70. The molecule has 1 saturated heterocycles. The lowest BCUT2D eigenvalue weighted by molar-refractivity contribution is -0.0239. The first-order valence-corrected chi connectivity index (χ1v) is 5.73. The van der Waals surface area contributed by atoms with Crippen molar-refractivity contribution in [2.75, 3.05) is 12.3 Å². The molecule has 3 atom stereocenters. The molecule has 0 bridgehead atoms. The van der Waals surface area contributed by atoms with E-state index in [1.807, 2.05) is 12.1 Å². The minimum Gasteiger partial charge on any atom is -0.394 e. The van der Waals surface area contributed by atoms with E-state index < -0.39 is 12.2 Å². The Bertz CT molecular complexity index is 570. The summed E-state index contributed by atoms with van der Waals surface area (Å²) in [5, 5.41) is 22.9. The van der Waals surface area contributed by atoms with Gasteiger partial charge in [-0.1, -0.05) is 0 Å². The van der Waals surface area contributed by atoms with Gasteiger partial charge in [-0.25, -0.2) is 9.50 Å². The maximum absolute atomic E-state index is 9.73. The molecule has 0 aliphatic carbocycles. The van der Waals surface area contributed by atoms with E-state index >= 15 is 0 Å². The normalized spacial score (nSPS) is 28.0. The van der Waals surface area contributed by atoms with E-state index in [4.69, 9.17) is 15.6 Å². The van der Waals surface area contributed by atoms with Gasteiger partial charge < -0.3 is 20.7 Å². The van der Waals surface area contributed by atoms with Crippen molar-refractivity contribution in [3.8, 4) is 0 Å². The van der Waals surface area contributed by atoms with Crippen molar-refractivity contribution >= 4 is 11.3 Å². The number of aliphatic hydroxyl groups is 2. The Labute approximate surface area is 103 Å². The number of nitrogen functional groups attached to an aromatic ring is 1. The van der Waals surface area contributed by atoms with Crippen LogP contribution in [0.3, 0.4) is 0 Å². The molecule has 0 saturated carbocycles. The van der Waals surface area contributed by atoms with Gasteiger partial charge in [0, 0.05) is 6.42 Å². The molecule has 0 unspecified atom stereocenters. The van der Waals surface area contributed by atoms with Crippen LogP contribution in [0.15, 0.2) is 18.5 Å². The van der Waals surface area contributed by atoms with E-state index in [1.165, 1.54) is 6.33 Å². The number of nitrogens with zero attached hydrogens (tertiary/aromatic N) is 3. The summed E-state index contributed by atoms with van der Waals surface area (Å²) in [6.45, 7) is -0.196. The number of anilines is 1. The summed E-state index contributed by atoms with van der Waals surface area (Å²) >= 11 is 0. The van der Waals surface area contributed by atoms with Crippen molar-refractivity contribution in [1.29, 1.82) is 0 Å². The summed E-state index contributed by atoms with van der Waals surface area (Å²) in [5.74, 6) is 0.397. The largest absolute Gasteiger partial charge is 0.394 e. The monoisotopic (exact) mass is 250 g/mol. The minimum atomic E-state index is -0.662. The van der Waals surface area contributed by atoms with Crippen LogP contribution in [0.5, 0.6) is 0 Å². The minimum absolute atomic E-state index is 0.196. The van der Waals surface area contributed by atoms with Crippen LogP contribution in [-0.2, 0) is 4.74 Å². The number of rotatable bonds is 2. The molecule has 1 aliphatic rings. The number of hydrogen-bond acceptors (Lipinski definition) is 6. The Morgan fingerprint density at radius 3 is 3.06 bits per heavy atom. The van der Waals surface area contributed by atoms with Crippen molar-refractivity contribution < 1.29 is 14.9 Å². The van der Waals surface area contributed by atoms with Crippen LogP contribution in [0.25, 0.3) is 5.52 Å². The Morgan fingerprint density at radius 2 is 2.33 bits per heavy atom. The fourth-order valence-electron chi connectivity index (χ4n) is 2.30. The van der Waals surface area contributed by atoms with Gasteiger partial charge >= 0.3 is 0 Å². The summed E-state index contributed by atoms with van der Waals surface area (Å²) in [6.07, 6.45) is 0.306. The maximum atomic E-state index is 9.73. The molecular weight excluding hydrogens is 236 g/mol. The smallest absolute Gasteiger partial charge is 0.151 e. The first-order valence-electron chi connectivity index (χ1n) is 5.73. The molecule has 96 valence electrons. The van der Waals surface area contributed by atoms with Gasteiger partial charge in [0.15, 0.2) is 5.82 Å². The quantitative estimate of drug-likeness (QED) is 0.663. The zero-order valence-corrected chi connectivity index (χ0v) is 9.60. The van der Waals surface area contributed by atoms with Gasteiger partial charge in [-0.05, 0) is 12.1 Å². The molecule has 2 aromatic heterocycles. The Hall–Kier alpha value is -1.70. The van der Waals surface area contributed by atoms with Gasteiger partial charge in [-0.15, -0.1) is 0 Å². The van der Waals surface area contributed by atoms with Crippen molar-refractivity contribution in [2.24, 2.45) is 0 Å². The molecule has 4 N–H and O–H groups in total. The number of fused-ring (bicyclic) bond motifs is 1. The molecule has 3 heterocycles. The van der Waals surface area contributed by atoms with Crippen molar-refractivity contribution in [3.63, 3.8) is 0 Å². The average Bonchev–Trinajstić information content (AvgIpc) is 2.93. The summed E-state index contributed by atoms with van der Waals surface area (Å²) in [6, 6.07) is 3.66. The van der Waals surface area contributed by atoms with Crippen molar-refractivity contribution in [2.45, 2.75) is 24.7 Å². The van der Waals surface area contributed by atoms with Crippen LogP contribution in [0.1, 0.15) is 18.2 Å². The highest BCUT2D eigenvalue weighted by atomic mass is 16.5. The molecule has 0 aromatic carbocycles. The predicted molar refractivity (Wildman–Crippen MR) is 62.7 cm³/mol. The number of ether oxygens (including phenoxy) is 1. The van der Waals surface area contributed by atoms with E-state index in [0.29, 0.717) is 17.8 Å². The van der Waals surface area contributed by atoms with Gasteiger partial charge in [0.1, 0.15) is 24.1 Å². The fourth-order valence-corrected chi connectivity index (χ4v) is 2.30. The van der Waals surface area contributed by atoms with Gasteiger partial charge in [-0.3, -0.25) is 0 Å². The van der Waals surface area contributed by atoms with E-state index in [9.17, 15) is 5.11 Å². The third-order valence-electron chi connectivity index (χ3n) is 3.24. The molecule has 7 heteroatoms. The van der Waals surface area contributed by atoms with Gasteiger partial charge in [0.05, 0.1) is 18.4 Å². The zero-order chi connectivity index (χ0) is 12.7. The van der Waals surface area contributed by atoms with E-state index in [1.54, 1.807) is 4.52 Å². The topological polar surface area (TPSA) is 106 Å². The summed E-state index contributed by atoms with van der Waals surface area (Å²) in [5.41, 5.74) is 7.25. The van der Waals surface area contributed by atoms with Crippen molar-refractivity contribution in [1.82, 2.24) is 14.6 Å². The van der Waals surface area contributed by atoms with Crippen LogP contribution in [0.2, 0.25) is 0 Å². The summed E-state index contributed by atoms with van der Waals surface area (Å²) in [4.78, 5) is 3.91. The second-order valence-corrected chi connectivity index (χ2v) is 4.35. The lowest BCUT2D eigenvalue weighted by atomic mass is 10.1. The summed E-state index contributed by atoms with van der Waals surface area (Å²) < 4.78 is 7.25. The van der Waals surface area contributed by atoms with Crippen molar-refractivity contribution in [3.05, 3.63) is 24.2 Å². The predicted octanol–water partition coefficient (Wildman–Crippen LogP) is -0.505. The summed E-state index contributed by atoms with van der Waals surface area (Å²) in [7, 11) is 0. The molecule has 0 spiro atoms. The molecule has 2 aromatic rings. The third kappa shape index (κ3) is 1.64. The number of aromatic nitrogens is 3. The van der Waals surface area contributed by atoms with Crippen LogP contribution in [0, 0.1) is 0 Å². The zero-order valence-electron chi connectivity index (χ0n) is 9.60. The molecule has 0 radical (unpaired) electrons. The molecule has 18 heavy (non-hydrogen) atoms. The average molecular weight is 250 g/mol. The van der Waals surface area contributed by atoms with E-state index in [2.05, 4.69) is 10.1 Å². The van der Waals surface area contributed by atoms with Gasteiger partial charge in [-0.2, -0.15) is 5.10 Å². The van der Waals surface area contributed by atoms with Crippen LogP contribution >= 0.6 is 0 Å². The maximum Gasteiger partial charge on any atom is 0.151 e. The highest BCUT2D eigenvalue weighted by Gasteiger charge is 2.35. The van der Waals surface area contributed by atoms with Crippen LogP contribution < -0.4 is 5.73 Å². The molecule has 1 aliphatic heterocycles. The third-order valence-corrected chi connectivity index (χ3v) is 3.24. The lowest BCUT2D eigenvalue weighted by Gasteiger charge is -2.11. The highest BCUT2D eigenvalue weighted by Crippen LogP contribution is 2.33. The first kappa shape index (κ1) is 11.4. The second kappa shape index (κ2) is 4.20. The van der Waals surface area contributed by atoms with Crippen LogP contribution in [-0.4, -0.2) is 43.6 Å². The molecule has 0 amide bonds. The fraction of sp³-hybridized carbons (Fsp3) is 0.455. The second-order valence-electron chi connectivity index (χ2n) is 4.35. The molecule has 7 nitrogen and oxygen atoms in total.